The number of guanidine groups is 1. The van der Waals surface area contributed by atoms with Crippen LogP contribution < -0.4 is 0 Å². The van der Waals surface area contributed by atoms with E-state index in [1.165, 1.54) is 17.7 Å². The average Bonchev–Trinajstić information content (AvgIpc) is 2.86. The fourth-order valence-corrected chi connectivity index (χ4v) is 5.14. The molecule has 1 aromatic rings. The number of nitrogens with zero attached hydrogens (tertiary/aromatic N) is 5. The molecule has 1 aliphatic carbocycles. The van der Waals surface area contributed by atoms with Gasteiger partial charge in [0.25, 0.3) is 5.91 Å². The molecule has 9 heteroatoms. The molecule has 0 saturated heterocycles. The van der Waals surface area contributed by atoms with Crippen molar-refractivity contribution in [2.45, 2.75) is 38.4 Å². The highest BCUT2D eigenvalue weighted by atomic mass is 19.4. The Kier molecular flexibility index (Phi) is 6.24. The molecule has 0 spiro atoms. The normalized spacial score (nSPS) is 21.1. The van der Waals surface area contributed by atoms with Crippen molar-refractivity contribution in [3.63, 3.8) is 0 Å². The first-order valence-electron chi connectivity index (χ1n) is 11.9. The summed E-state index contributed by atoms with van der Waals surface area (Å²) in [5.41, 5.74) is 3.55. The van der Waals surface area contributed by atoms with Gasteiger partial charge < -0.3 is 4.90 Å². The molecule has 1 amide bonds. The molecular weight excluding hydrogens is 455 g/mol. The first-order valence-corrected chi connectivity index (χ1v) is 11.9. The van der Waals surface area contributed by atoms with Crippen LogP contribution in [0.15, 0.2) is 63.8 Å². The molecule has 0 fully saturated rings. The highest BCUT2D eigenvalue weighted by molar-refractivity contribution is 6.09. The van der Waals surface area contributed by atoms with Gasteiger partial charge in [0.05, 0.1) is 23.8 Å². The summed E-state index contributed by atoms with van der Waals surface area (Å²) in [6.07, 6.45) is 2.88. The Morgan fingerprint density at radius 1 is 1.09 bits per heavy atom. The third-order valence-corrected chi connectivity index (χ3v) is 6.87. The van der Waals surface area contributed by atoms with Crippen molar-refractivity contribution >= 4 is 11.9 Å². The van der Waals surface area contributed by atoms with Gasteiger partial charge in [0.1, 0.15) is 0 Å². The van der Waals surface area contributed by atoms with Gasteiger partial charge in [0, 0.05) is 50.4 Å². The molecule has 0 aromatic heterocycles. The Balaban J connectivity index is 1.38. The summed E-state index contributed by atoms with van der Waals surface area (Å²) in [5.74, 6) is 0.476. The number of fused-ring (bicyclic) bond motifs is 2. The van der Waals surface area contributed by atoms with Crippen LogP contribution in [0.2, 0.25) is 0 Å². The molecule has 6 nitrogen and oxygen atoms in total. The Bertz CT molecular complexity index is 1190. The zero-order valence-corrected chi connectivity index (χ0v) is 19.3. The summed E-state index contributed by atoms with van der Waals surface area (Å²) in [4.78, 5) is 24.3. The van der Waals surface area contributed by atoms with E-state index in [1.54, 1.807) is 4.90 Å². The second kappa shape index (κ2) is 9.34. The number of aliphatic imine (C=N–C) groups is 1. The average molecular weight is 482 g/mol. The molecule has 3 heterocycles. The van der Waals surface area contributed by atoms with E-state index in [4.69, 9.17) is 0 Å². The van der Waals surface area contributed by atoms with Crippen molar-refractivity contribution in [3.05, 3.63) is 70.0 Å². The Labute approximate surface area is 202 Å². The molecule has 0 unspecified atom stereocenters. The number of alkyl halides is 3. The zero-order valence-electron chi connectivity index (χ0n) is 19.3. The number of halogens is 3. The van der Waals surface area contributed by atoms with Crippen molar-refractivity contribution in [1.29, 1.82) is 5.26 Å². The fraction of sp³-hybridized carbons (Fsp3) is 0.423. The molecular formula is C26H26F3N5O. The summed E-state index contributed by atoms with van der Waals surface area (Å²) in [6.45, 7) is 3.60. The molecule has 35 heavy (non-hydrogen) atoms. The standard InChI is InChI=1S/C26H26F3N5O/c27-26(28,29)21-7-5-18(6-8-21)16-34-24(35)22-17-32(15-20-4-1-3-19(13-20)14-30)12-9-23(22)33-11-2-10-31-25(33)34/h3,5-8,13H,1-2,4,9-12,15-17H2. The lowest BCUT2D eigenvalue weighted by molar-refractivity contribution is -0.137. The van der Waals surface area contributed by atoms with E-state index in [2.05, 4.69) is 20.9 Å². The maximum Gasteiger partial charge on any atom is 0.416 e. The summed E-state index contributed by atoms with van der Waals surface area (Å²) in [5, 5.41) is 9.21. The quantitative estimate of drug-likeness (QED) is 0.646. The predicted molar refractivity (Wildman–Crippen MR) is 125 cm³/mol. The summed E-state index contributed by atoms with van der Waals surface area (Å²) in [6, 6.07) is 7.17. The van der Waals surface area contributed by atoms with E-state index in [0.717, 1.165) is 62.2 Å². The smallest absolute Gasteiger partial charge is 0.315 e. The molecule has 0 radical (unpaired) electrons. The van der Waals surface area contributed by atoms with Crippen LogP contribution in [-0.4, -0.2) is 59.3 Å². The number of benzene rings is 1. The maximum absolute atomic E-state index is 13.7. The van der Waals surface area contributed by atoms with Crippen molar-refractivity contribution in [2.75, 3.05) is 32.7 Å². The molecule has 0 N–H and O–H groups in total. The van der Waals surface area contributed by atoms with Gasteiger partial charge in [-0.2, -0.15) is 18.4 Å². The highest BCUT2D eigenvalue weighted by Gasteiger charge is 2.40. The number of hydrogen-bond acceptors (Lipinski definition) is 5. The summed E-state index contributed by atoms with van der Waals surface area (Å²) >= 11 is 0. The van der Waals surface area contributed by atoms with Crippen molar-refractivity contribution in [1.82, 2.24) is 14.7 Å². The topological polar surface area (TPSA) is 62.9 Å². The molecule has 1 aromatic carbocycles. The second-order valence-electron chi connectivity index (χ2n) is 9.27. The number of carbonyl (C=O) groups is 1. The number of amides is 1. The number of rotatable bonds is 4. The molecule has 182 valence electrons. The van der Waals surface area contributed by atoms with E-state index >= 15 is 0 Å². The first-order chi connectivity index (χ1) is 16.8. The summed E-state index contributed by atoms with van der Waals surface area (Å²) < 4.78 is 38.9. The van der Waals surface area contributed by atoms with Gasteiger partial charge in [0.2, 0.25) is 5.96 Å². The molecule has 0 atom stereocenters. The van der Waals surface area contributed by atoms with Gasteiger partial charge in [-0.15, -0.1) is 0 Å². The minimum absolute atomic E-state index is 0.128. The van der Waals surface area contributed by atoms with Gasteiger partial charge in [0.15, 0.2) is 0 Å². The van der Waals surface area contributed by atoms with E-state index < -0.39 is 11.7 Å². The predicted octanol–water partition coefficient (Wildman–Crippen LogP) is 4.24. The van der Waals surface area contributed by atoms with Crippen molar-refractivity contribution in [2.24, 2.45) is 4.99 Å². The van der Waals surface area contributed by atoms with Crippen LogP contribution in [0.5, 0.6) is 0 Å². The van der Waals surface area contributed by atoms with Crippen molar-refractivity contribution < 1.29 is 18.0 Å². The van der Waals surface area contributed by atoms with Crippen LogP contribution in [0, 0.1) is 11.3 Å². The fourth-order valence-electron chi connectivity index (χ4n) is 5.14. The molecule has 0 bridgehead atoms. The van der Waals surface area contributed by atoms with Crippen LogP contribution >= 0.6 is 0 Å². The van der Waals surface area contributed by atoms with Crippen molar-refractivity contribution in [3.8, 4) is 6.07 Å². The van der Waals surface area contributed by atoms with E-state index in [1.807, 2.05) is 12.2 Å². The van der Waals surface area contributed by atoms with Crippen LogP contribution in [0.3, 0.4) is 0 Å². The largest absolute Gasteiger partial charge is 0.416 e. The van der Waals surface area contributed by atoms with Gasteiger partial charge in [-0.25, -0.2) is 0 Å². The highest BCUT2D eigenvalue weighted by Crippen LogP contribution is 2.33. The number of allylic oxidation sites excluding steroid dienone is 3. The van der Waals surface area contributed by atoms with Crippen LogP contribution in [-0.2, 0) is 17.5 Å². The number of carbonyl (C=O) groups excluding carboxylic acids is 1. The Morgan fingerprint density at radius 2 is 1.89 bits per heavy atom. The van der Waals surface area contributed by atoms with E-state index in [9.17, 15) is 23.2 Å². The SMILES string of the molecule is N#CC1=CCCC(CN2CCC3=C(C2)C(=O)N(Cc2ccc(C(F)(F)F)cc2)C2=NCCCN23)=C1. The van der Waals surface area contributed by atoms with Crippen LogP contribution in [0.4, 0.5) is 13.2 Å². The molecule has 5 rings (SSSR count). The van der Waals surface area contributed by atoms with Crippen LogP contribution in [0.1, 0.15) is 36.8 Å². The van der Waals surface area contributed by atoms with Gasteiger partial charge >= 0.3 is 6.18 Å². The number of hydrogen-bond donors (Lipinski definition) is 0. The molecule has 3 aliphatic heterocycles. The lowest BCUT2D eigenvalue weighted by Crippen LogP contribution is -2.56. The minimum atomic E-state index is -4.40. The summed E-state index contributed by atoms with van der Waals surface area (Å²) in [7, 11) is 0. The second-order valence-corrected chi connectivity index (χ2v) is 9.27. The molecule has 0 saturated carbocycles. The van der Waals surface area contributed by atoms with Gasteiger partial charge in [-0.3, -0.25) is 19.6 Å². The lowest BCUT2D eigenvalue weighted by atomic mass is 9.96. The van der Waals surface area contributed by atoms with Gasteiger partial charge in [-0.1, -0.05) is 23.8 Å². The third kappa shape index (κ3) is 4.76. The Hall–Kier alpha value is -3.38. The first kappa shape index (κ1) is 23.4. The van der Waals surface area contributed by atoms with Crippen LogP contribution in [0.25, 0.3) is 0 Å². The minimum Gasteiger partial charge on any atom is -0.315 e. The zero-order chi connectivity index (χ0) is 24.6. The van der Waals surface area contributed by atoms with Gasteiger partial charge in [-0.05, 0) is 43.0 Å². The number of nitriles is 1. The molecule has 4 aliphatic rings. The maximum atomic E-state index is 13.7. The monoisotopic (exact) mass is 481 g/mol. The lowest BCUT2D eigenvalue weighted by Gasteiger charge is -2.45. The third-order valence-electron chi connectivity index (χ3n) is 6.87. The Morgan fingerprint density at radius 3 is 2.63 bits per heavy atom. The van der Waals surface area contributed by atoms with E-state index in [0.29, 0.717) is 36.7 Å². The van der Waals surface area contributed by atoms with E-state index in [-0.39, 0.29) is 12.5 Å².